The van der Waals surface area contributed by atoms with Gasteiger partial charge in [0.05, 0.1) is 11.3 Å². The Hall–Kier alpha value is -3.06. The number of pyridine rings is 1. The number of halogens is 3. The Labute approximate surface area is 163 Å². The zero-order valence-electron chi connectivity index (χ0n) is 15.9. The fourth-order valence-corrected chi connectivity index (χ4v) is 2.86. The molecule has 0 aliphatic rings. The lowest BCUT2D eigenvalue weighted by molar-refractivity contribution is -0.141. The highest BCUT2D eigenvalue weighted by Gasteiger charge is 2.36. The normalized spacial score (nSPS) is 11.6. The van der Waals surface area contributed by atoms with Crippen LogP contribution in [0.2, 0.25) is 0 Å². The van der Waals surface area contributed by atoms with Gasteiger partial charge in [0.1, 0.15) is 5.69 Å². The topological polar surface area (TPSA) is 12.9 Å². The average Bonchev–Trinajstić information content (AvgIpc) is 2.66. The van der Waals surface area contributed by atoms with Gasteiger partial charge in [0, 0.05) is 16.5 Å². The molecule has 0 aliphatic heterocycles. The molecule has 0 aliphatic carbocycles. The first-order valence-corrected chi connectivity index (χ1v) is 8.91. The van der Waals surface area contributed by atoms with Crippen molar-refractivity contribution in [2.24, 2.45) is 0 Å². The average molecular weight is 379 g/mol. The third-order valence-corrected chi connectivity index (χ3v) is 4.21. The highest BCUT2D eigenvalue weighted by molar-refractivity contribution is 5.73. The minimum atomic E-state index is -4.53. The van der Waals surface area contributed by atoms with E-state index in [-0.39, 0.29) is 0 Å². The van der Waals surface area contributed by atoms with Crippen molar-refractivity contribution in [3.8, 4) is 23.0 Å². The first kappa shape index (κ1) is 19.7. The maximum atomic E-state index is 13.5. The molecule has 0 radical (unpaired) electrons. The number of alkyl halides is 3. The molecule has 1 aromatic heterocycles. The molecule has 1 heterocycles. The molecule has 0 N–H and O–H groups in total. The van der Waals surface area contributed by atoms with Crippen LogP contribution >= 0.6 is 0 Å². The minimum Gasteiger partial charge on any atom is -0.246 e. The molecular weight excluding hydrogens is 359 g/mol. The van der Waals surface area contributed by atoms with Crippen molar-refractivity contribution in [1.29, 1.82) is 0 Å². The van der Waals surface area contributed by atoms with Crippen LogP contribution in [0.5, 0.6) is 0 Å². The summed E-state index contributed by atoms with van der Waals surface area (Å²) in [7, 11) is 0. The van der Waals surface area contributed by atoms with Crippen molar-refractivity contribution < 1.29 is 13.2 Å². The van der Waals surface area contributed by atoms with E-state index in [0.29, 0.717) is 22.4 Å². The Morgan fingerprint density at radius 1 is 0.786 bits per heavy atom. The van der Waals surface area contributed by atoms with Crippen molar-refractivity contribution in [3.05, 3.63) is 89.2 Å². The van der Waals surface area contributed by atoms with Crippen LogP contribution < -0.4 is 0 Å². The number of benzene rings is 2. The van der Waals surface area contributed by atoms with Gasteiger partial charge in [-0.2, -0.15) is 13.2 Å². The van der Waals surface area contributed by atoms with Crippen LogP contribution in [0.15, 0.2) is 66.7 Å². The Kier molecular flexibility index (Phi) is 5.29. The molecule has 4 heteroatoms. The van der Waals surface area contributed by atoms with Crippen LogP contribution in [0.3, 0.4) is 0 Å². The number of hydrogen-bond acceptors (Lipinski definition) is 1. The molecule has 0 unspecified atom stereocenters. The smallest absolute Gasteiger partial charge is 0.246 e. The van der Waals surface area contributed by atoms with Crippen LogP contribution in [-0.4, -0.2) is 4.98 Å². The van der Waals surface area contributed by atoms with Crippen molar-refractivity contribution >= 4 is 0 Å². The van der Waals surface area contributed by atoms with Gasteiger partial charge in [-0.3, -0.25) is 0 Å². The van der Waals surface area contributed by atoms with Crippen molar-refractivity contribution in [2.45, 2.75) is 32.4 Å². The second-order valence-corrected chi connectivity index (χ2v) is 7.51. The van der Waals surface area contributed by atoms with Crippen LogP contribution in [0.4, 0.5) is 13.2 Å². The van der Waals surface area contributed by atoms with Gasteiger partial charge < -0.3 is 0 Å². The van der Waals surface area contributed by atoms with E-state index < -0.39 is 17.3 Å². The van der Waals surface area contributed by atoms with Gasteiger partial charge in [-0.1, -0.05) is 81.1 Å². The molecule has 2 aromatic carbocycles. The summed E-state index contributed by atoms with van der Waals surface area (Å²) >= 11 is 0. The number of hydrogen-bond donors (Lipinski definition) is 0. The van der Waals surface area contributed by atoms with E-state index in [1.807, 2.05) is 57.2 Å². The quantitative estimate of drug-likeness (QED) is 0.442. The van der Waals surface area contributed by atoms with E-state index in [1.165, 1.54) is 0 Å². The lowest BCUT2D eigenvalue weighted by Gasteiger charge is -2.23. The summed E-state index contributed by atoms with van der Waals surface area (Å²) in [6, 6.07) is 19.5. The van der Waals surface area contributed by atoms with Crippen molar-refractivity contribution in [2.75, 3.05) is 0 Å². The molecular formula is C24H20F3N. The summed E-state index contributed by atoms with van der Waals surface area (Å²) in [5.74, 6) is 6.17. The molecule has 0 atom stereocenters. The number of aromatic nitrogens is 1. The third kappa shape index (κ3) is 4.43. The number of nitrogens with zero attached hydrogens (tertiary/aromatic N) is 1. The van der Waals surface area contributed by atoms with E-state index in [4.69, 9.17) is 0 Å². The fraction of sp³-hybridized carbons (Fsp3) is 0.208. The minimum absolute atomic E-state index is 0.338. The van der Waals surface area contributed by atoms with Gasteiger partial charge in [0.15, 0.2) is 0 Å². The second-order valence-electron chi connectivity index (χ2n) is 7.51. The lowest BCUT2D eigenvalue weighted by atomic mass is 9.85. The SMILES string of the molecule is CC(C)(C)c1nc(C(F)(F)F)cc(-c2ccccc2)c1C#Cc1ccccc1. The summed E-state index contributed by atoms with van der Waals surface area (Å²) in [6.45, 7) is 5.54. The molecule has 0 saturated heterocycles. The van der Waals surface area contributed by atoms with Gasteiger partial charge >= 0.3 is 6.18 Å². The van der Waals surface area contributed by atoms with Gasteiger partial charge in [-0.25, -0.2) is 4.98 Å². The lowest BCUT2D eigenvalue weighted by Crippen LogP contribution is -2.20. The standard InChI is InChI=1S/C24H20F3N/c1-23(2,3)22-19(15-14-17-10-6-4-7-11-17)20(18-12-8-5-9-13-18)16-21(28-22)24(25,26)27/h4-13,16H,1-3H3. The fourth-order valence-electron chi connectivity index (χ4n) is 2.86. The monoisotopic (exact) mass is 379 g/mol. The summed E-state index contributed by atoms with van der Waals surface area (Å²) in [5.41, 5.74) is 1.27. The summed E-state index contributed by atoms with van der Waals surface area (Å²) in [6.07, 6.45) is -4.53. The molecule has 3 aromatic rings. The van der Waals surface area contributed by atoms with E-state index in [9.17, 15) is 13.2 Å². The second kappa shape index (κ2) is 7.52. The van der Waals surface area contributed by atoms with Crippen molar-refractivity contribution in [3.63, 3.8) is 0 Å². The molecule has 3 rings (SSSR count). The maximum Gasteiger partial charge on any atom is 0.433 e. The summed E-state index contributed by atoms with van der Waals surface area (Å²) < 4.78 is 40.6. The van der Waals surface area contributed by atoms with Gasteiger partial charge in [-0.05, 0) is 23.8 Å². The summed E-state index contributed by atoms with van der Waals surface area (Å²) in [4.78, 5) is 3.99. The van der Waals surface area contributed by atoms with E-state index in [0.717, 1.165) is 11.6 Å². The molecule has 28 heavy (non-hydrogen) atoms. The Morgan fingerprint density at radius 3 is 1.89 bits per heavy atom. The molecule has 0 fully saturated rings. The molecule has 0 amide bonds. The van der Waals surface area contributed by atoms with Gasteiger partial charge in [-0.15, -0.1) is 0 Å². The van der Waals surface area contributed by atoms with Gasteiger partial charge in [0.25, 0.3) is 0 Å². The first-order chi connectivity index (χ1) is 13.2. The molecule has 0 spiro atoms. The largest absolute Gasteiger partial charge is 0.433 e. The predicted molar refractivity (Wildman–Crippen MR) is 106 cm³/mol. The Balaban J connectivity index is 2.33. The predicted octanol–water partition coefficient (Wildman–Crippen LogP) is 6.46. The zero-order valence-corrected chi connectivity index (χ0v) is 15.9. The van der Waals surface area contributed by atoms with E-state index in [1.54, 1.807) is 24.3 Å². The third-order valence-electron chi connectivity index (χ3n) is 4.21. The van der Waals surface area contributed by atoms with Crippen LogP contribution in [-0.2, 0) is 11.6 Å². The zero-order chi connectivity index (χ0) is 20.4. The van der Waals surface area contributed by atoms with Crippen molar-refractivity contribution in [1.82, 2.24) is 4.98 Å². The Morgan fingerprint density at radius 2 is 1.36 bits per heavy atom. The van der Waals surface area contributed by atoms with Crippen LogP contribution in [0.1, 0.15) is 43.3 Å². The molecule has 0 saturated carbocycles. The maximum absolute atomic E-state index is 13.5. The van der Waals surface area contributed by atoms with Crippen LogP contribution in [0.25, 0.3) is 11.1 Å². The van der Waals surface area contributed by atoms with Crippen LogP contribution in [0, 0.1) is 11.8 Å². The number of rotatable bonds is 1. The Bertz CT molecular complexity index is 1020. The highest BCUT2D eigenvalue weighted by atomic mass is 19.4. The van der Waals surface area contributed by atoms with E-state index in [2.05, 4.69) is 16.8 Å². The molecule has 0 bridgehead atoms. The molecule has 1 nitrogen and oxygen atoms in total. The first-order valence-electron chi connectivity index (χ1n) is 8.91. The van der Waals surface area contributed by atoms with Gasteiger partial charge in [0.2, 0.25) is 0 Å². The summed E-state index contributed by atoms with van der Waals surface area (Å²) in [5, 5.41) is 0. The highest BCUT2D eigenvalue weighted by Crippen LogP contribution is 2.37. The molecule has 142 valence electrons. The van der Waals surface area contributed by atoms with E-state index >= 15 is 0 Å².